The Morgan fingerprint density at radius 1 is 1.11 bits per heavy atom. The lowest BCUT2D eigenvalue weighted by Gasteiger charge is -2.25. The summed E-state index contributed by atoms with van der Waals surface area (Å²) in [5.41, 5.74) is 0.842. The van der Waals surface area contributed by atoms with Crippen molar-refractivity contribution in [3.05, 3.63) is 60.2 Å². The van der Waals surface area contributed by atoms with Gasteiger partial charge in [0.1, 0.15) is 17.4 Å². The Balaban J connectivity index is 1.64. The lowest BCUT2D eigenvalue weighted by molar-refractivity contribution is -0.119. The number of amides is 2. The molecule has 0 aliphatic carbocycles. The van der Waals surface area contributed by atoms with Gasteiger partial charge in [-0.1, -0.05) is 42.1 Å². The van der Waals surface area contributed by atoms with Crippen molar-refractivity contribution in [3.63, 3.8) is 0 Å². The topological polar surface area (TPSA) is 114 Å². The van der Waals surface area contributed by atoms with Crippen molar-refractivity contribution < 1.29 is 27.5 Å². The number of amidine groups is 1. The van der Waals surface area contributed by atoms with Crippen molar-refractivity contribution in [3.8, 4) is 5.75 Å². The van der Waals surface area contributed by atoms with E-state index in [0.717, 1.165) is 11.3 Å². The third-order valence-corrected chi connectivity index (χ3v) is 9.18. The summed E-state index contributed by atoms with van der Waals surface area (Å²) in [6, 6.07) is 15.3. The molecule has 2 aliphatic heterocycles. The highest BCUT2D eigenvalue weighted by atomic mass is 32.2. The third kappa shape index (κ3) is 7.08. The number of ether oxygens (including phenoxy) is 2. The first-order chi connectivity index (χ1) is 17.9. The minimum absolute atomic E-state index is 0.0192. The number of carbonyl (C=O) groups excluding carboxylic acids is 2. The molecule has 2 saturated heterocycles. The molecule has 0 radical (unpaired) electrons. The Morgan fingerprint density at radius 2 is 1.79 bits per heavy atom. The van der Waals surface area contributed by atoms with Crippen molar-refractivity contribution in [1.29, 1.82) is 0 Å². The van der Waals surface area contributed by atoms with Gasteiger partial charge in [0.05, 0.1) is 24.2 Å². The minimum atomic E-state index is -3.21. The zero-order valence-electron chi connectivity index (χ0n) is 21.9. The Kier molecular flexibility index (Phi) is 8.37. The number of thioether (sulfide) groups is 1. The summed E-state index contributed by atoms with van der Waals surface area (Å²) in [4.78, 5) is 32.4. The SMILES string of the molecule is CCOc1ccc(N2C(=NC(=O)[C@H](Cc3ccccc3)NC(=O)OC(C)(C)C)S[C@@H]3CS(=O)(=O)C[C@H]32)cc1. The number of fused-ring (bicyclic) bond motifs is 1. The molecule has 0 spiro atoms. The van der Waals surface area contributed by atoms with E-state index in [-0.39, 0.29) is 29.2 Å². The van der Waals surface area contributed by atoms with Crippen LogP contribution in [0.15, 0.2) is 59.6 Å². The predicted molar refractivity (Wildman–Crippen MR) is 150 cm³/mol. The normalized spacial score (nSPS) is 22.1. The van der Waals surface area contributed by atoms with Crippen LogP contribution in [0, 0.1) is 0 Å². The molecule has 2 aromatic carbocycles. The van der Waals surface area contributed by atoms with E-state index in [4.69, 9.17) is 9.47 Å². The first-order valence-corrected chi connectivity index (χ1v) is 15.2. The smallest absolute Gasteiger partial charge is 0.408 e. The van der Waals surface area contributed by atoms with E-state index < -0.39 is 33.5 Å². The molecule has 2 heterocycles. The first-order valence-electron chi connectivity index (χ1n) is 12.5. The first kappa shape index (κ1) is 28.0. The number of benzene rings is 2. The van der Waals surface area contributed by atoms with Crippen LogP contribution in [0.5, 0.6) is 5.75 Å². The van der Waals surface area contributed by atoms with Crippen LogP contribution in [-0.4, -0.2) is 66.6 Å². The third-order valence-electron chi connectivity index (χ3n) is 5.97. The maximum Gasteiger partial charge on any atom is 0.408 e. The summed E-state index contributed by atoms with van der Waals surface area (Å²) >= 11 is 1.28. The number of sulfone groups is 1. The van der Waals surface area contributed by atoms with Crippen LogP contribution in [0.4, 0.5) is 10.5 Å². The summed E-state index contributed by atoms with van der Waals surface area (Å²) in [7, 11) is -3.21. The zero-order chi connectivity index (χ0) is 27.5. The highest BCUT2D eigenvalue weighted by Crippen LogP contribution is 2.41. The summed E-state index contributed by atoms with van der Waals surface area (Å²) < 4.78 is 35.7. The molecule has 9 nitrogen and oxygen atoms in total. The number of alkyl carbamates (subject to hydrolysis) is 1. The fourth-order valence-electron chi connectivity index (χ4n) is 4.41. The monoisotopic (exact) mass is 559 g/mol. The molecule has 0 bridgehead atoms. The molecule has 204 valence electrons. The van der Waals surface area contributed by atoms with Gasteiger partial charge in [-0.3, -0.25) is 4.79 Å². The predicted octanol–water partition coefficient (Wildman–Crippen LogP) is 3.82. The number of nitrogens with zero attached hydrogens (tertiary/aromatic N) is 2. The fourth-order valence-corrected chi connectivity index (χ4v) is 8.33. The molecule has 11 heteroatoms. The van der Waals surface area contributed by atoms with E-state index in [0.29, 0.717) is 17.5 Å². The molecule has 2 aromatic rings. The largest absolute Gasteiger partial charge is 0.494 e. The van der Waals surface area contributed by atoms with E-state index in [9.17, 15) is 18.0 Å². The highest BCUT2D eigenvalue weighted by Gasteiger charge is 2.49. The van der Waals surface area contributed by atoms with Crippen molar-refractivity contribution in [2.75, 3.05) is 23.0 Å². The van der Waals surface area contributed by atoms with Gasteiger partial charge in [0.25, 0.3) is 5.91 Å². The second-order valence-electron chi connectivity index (χ2n) is 10.2. The molecule has 38 heavy (non-hydrogen) atoms. The molecule has 3 atom stereocenters. The van der Waals surface area contributed by atoms with Gasteiger partial charge < -0.3 is 19.7 Å². The van der Waals surface area contributed by atoms with Crippen LogP contribution in [0.1, 0.15) is 33.3 Å². The fraction of sp³-hybridized carbons (Fsp3) is 0.444. The number of carbonyl (C=O) groups is 2. The van der Waals surface area contributed by atoms with Crippen molar-refractivity contribution in [2.24, 2.45) is 4.99 Å². The summed E-state index contributed by atoms with van der Waals surface area (Å²) in [5, 5.41) is 2.84. The standard InChI is InChI=1S/C27H33N3O6S2/c1-5-35-20-13-11-19(12-14-20)30-22-16-38(33,34)17-23(22)37-25(30)29-24(31)21(15-18-9-7-6-8-10-18)28-26(32)36-27(2,3)4/h6-14,21-23H,5,15-17H2,1-4H3,(H,28,32)/t21-,22+,23+/m0/s1. The molecule has 0 aromatic heterocycles. The Labute approximate surface area is 227 Å². The minimum Gasteiger partial charge on any atom is -0.494 e. The van der Waals surface area contributed by atoms with E-state index in [1.807, 2.05) is 66.4 Å². The zero-order valence-corrected chi connectivity index (χ0v) is 23.6. The lowest BCUT2D eigenvalue weighted by Crippen LogP contribution is -2.45. The number of anilines is 1. The number of aliphatic imine (C=N–C) groups is 1. The van der Waals surface area contributed by atoms with Crippen molar-refractivity contribution >= 4 is 44.5 Å². The van der Waals surface area contributed by atoms with E-state index in [1.54, 1.807) is 20.8 Å². The lowest BCUT2D eigenvalue weighted by atomic mass is 10.1. The Morgan fingerprint density at radius 3 is 2.42 bits per heavy atom. The summed E-state index contributed by atoms with van der Waals surface area (Å²) in [5.74, 6) is 0.153. The number of rotatable bonds is 7. The number of hydrogen-bond donors (Lipinski definition) is 1. The van der Waals surface area contributed by atoms with E-state index in [2.05, 4.69) is 10.3 Å². The molecule has 2 fully saturated rings. The van der Waals surface area contributed by atoms with Gasteiger partial charge in [-0.2, -0.15) is 4.99 Å². The highest BCUT2D eigenvalue weighted by molar-refractivity contribution is 8.16. The molecule has 0 unspecified atom stereocenters. The number of nitrogens with one attached hydrogen (secondary N) is 1. The van der Waals surface area contributed by atoms with Crippen molar-refractivity contribution in [1.82, 2.24) is 5.32 Å². The number of hydrogen-bond acceptors (Lipinski definition) is 7. The average Bonchev–Trinajstić information content (AvgIpc) is 3.29. The molecular formula is C27H33N3O6S2. The van der Waals surface area contributed by atoms with E-state index >= 15 is 0 Å². The maximum absolute atomic E-state index is 13.5. The molecule has 0 saturated carbocycles. The molecule has 2 amide bonds. The van der Waals surface area contributed by atoms with Gasteiger partial charge in [0.2, 0.25) is 0 Å². The van der Waals surface area contributed by atoms with Gasteiger partial charge in [-0.25, -0.2) is 13.2 Å². The van der Waals surface area contributed by atoms with Crippen LogP contribution in [0.3, 0.4) is 0 Å². The molecule has 4 rings (SSSR count). The second-order valence-corrected chi connectivity index (χ2v) is 13.6. The van der Waals surface area contributed by atoms with Crippen molar-refractivity contribution in [2.45, 2.75) is 57.1 Å². The van der Waals surface area contributed by atoms with E-state index in [1.165, 1.54) is 11.8 Å². The van der Waals surface area contributed by atoms with Crippen LogP contribution in [0.2, 0.25) is 0 Å². The van der Waals surface area contributed by atoms with Gasteiger partial charge in [0, 0.05) is 17.4 Å². The molecular weight excluding hydrogens is 526 g/mol. The van der Waals surface area contributed by atoms with Gasteiger partial charge >= 0.3 is 6.09 Å². The quantitative estimate of drug-likeness (QED) is 0.545. The average molecular weight is 560 g/mol. The van der Waals surface area contributed by atoms with Gasteiger partial charge in [-0.15, -0.1) is 0 Å². The summed E-state index contributed by atoms with van der Waals surface area (Å²) in [6.45, 7) is 7.66. The van der Waals surface area contributed by atoms with Gasteiger partial charge in [-0.05, 0) is 57.5 Å². The second kappa shape index (κ2) is 11.4. The molecule has 2 aliphatic rings. The van der Waals surface area contributed by atoms with Crippen LogP contribution >= 0.6 is 11.8 Å². The van der Waals surface area contributed by atoms with Crippen LogP contribution in [0.25, 0.3) is 0 Å². The summed E-state index contributed by atoms with van der Waals surface area (Å²) in [6.07, 6.45) is -0.484. The Hall–Kier alpha value is -3.05. The maximum atomic E-state index is 13.5. The van der Waals surface area contributed by atoms with Crippen LogP contribution < -0.4 is 15.0 Å². The Bertz CT molecular complexity index is 1290. The molecule has 1 N–H and O–H groups in total. The van der Waals surface area contributed by atoms with Gasteiger partial charge in [0.15, 0.2) is 15.0 Å². The van der Waals surface area contributed by atoms with Crippen LogP contribution in [-0.2, 0) is 25.8 Å².